The quantitative estimate of drug-likeness (QED) is 0.725. The lowest BCUT2D eigenvalue weighted by Crippen LogP contribution is -2.16. The van der Waals surface area contributed by atoms with Crippen molar-refractivity contribution < 1.29 is 4.42 Å². The average molecular weight is 287 g/mol. The largest absolute Gasteiger partial charge is 0.469 e. The van der Waals surface area contributed by atoms with E-state index in [2.05, 4.69) is 10.3 Å². The van der Waals surface area contributed by atoms with Gasteiger partial charge < -0.3 is 9.73 Å². The van der Waals surface area contributed by atoms with Gasteiger partial charge in [-0.25, -0.2) is 0 Å². The Morgan fingerprint density at radius 3 is 2.95 bits per heavy atom. The molecule has 3 aromatic rings. The minimum absolute atomic E-state index is 0.743. The average Bonchev–Trinajstić information content (AvgIpc) is 2.99. The topological polar surface area (TPSA) is 38.1 Å². The van der Waals surface area contributed by atoms with Crippen molar-refractivity contribution in [2.75, 3.05) is 6.54 Å². The van der Waals surface area contributed by atoms with Crippen molar-refractivity contribution in [2.45, 2.75) is 13.0 Å². The van der Waals surface area contributed by atoms with E-state index in [1.54, 1.807) is 12.5 Å². The second-order valence-electron chi connectivity index (χ2n) is 4.61. The number of rotatable bonds is 5. The van der Waals surface area contributed by atoms with Gasteiger partial charge in [-0.2, -0.15) is 0 Å². The van der Waals surface area contributed by atoms with Gasteiger partial charge in [0.15, 0.2) is 0 Å². The molecule has 0 radical (unpaired) electrons. The summed E-state index contributed by atoms with van der Waals surface area (Å²) in [7, 11) is 0. The number of furan rings is 1. The summed E-state index contributed by atoms with van der Waals surface area (Å²) in [6, 6.07) is 11.7. The van der Waals surface area contributed by atoms with Crippen molar-refractivity contribution in [1.29, 1.82) is 0 Å². The van der Waals surface area contributed by atoms with Crippen molar-refractivity contribution in [3.05, 3.63) is 65.2 Å². The molecule has 0 saturated carbocycles. The van der Waals surface area contributed by atoms with Crippen molar-refractivity contribution in [2.24, 2.45) is 0 Å². The summed E-state index contributed by atoms with van der Waals surface area (Å²) in [5.74, 6) is 0.997. The highest BCUT2D eigenvalue weighted by atomic mass is 35.5. The molecule has 0 unspecified atom stereocenters. The van der Waals surface area contributed by atoms with Crippen LogP contribution < -0.4 is 5.32 Å². The maximum atomic E-state index is 6.19. The van der Waals surface area contributed by atoms with Gasteiger partial charge in [-0.05, 0) is 35.9 Å². The Morgan fingerprint density at radius 1 is 1.15 bits per heavy atom. The fraction of sp³-hybridized carbons (Fsp3) is 0.188. The SMILES string of the molecule is Clc1ccc(CNCCc2ccco2)c2ncccc12. The first kappa shape index (κ1) is 13.2. The number of benzene rings is 1. The number of pyridine rings is 1. The number of aromatic nitrogens is 1. The van der Waals surface area contributed by atoms with Gasteiger partial charge in [-0.3, -0.25) is 4.98 Å². The molecule has 1 N–H and O–H groups in total. The van der Waals surface area contributed by atoms with Crippen LogP contribution in [0.15, 0.2) is 53.3 Å². The van der Waals surface area contributed by atoms with Gasteiger partial charge in [0, 0.05) is 36.1 Å². The normalized spacial score (nSPS) is 11.1. The third kappa shape index (κ3) is 2.84. The molecule has 0 amide bonds. The first-order chi connectivity index (χ1) is 9.84. The lowest BCUT2D eigenvalue weighted by atomic mass is 10.1. The predicted octanol–water partition coefficient (Wildman–Crippen LogP) is 3.81. The van der Waals surface area contributed by atoms with Gasteiger partial charge in [0.1, 0.15) is 5.76 Å². The monoisotopic (exact) mass is 286 g/mol. The highest BCUT2D eigenvalue weighted by Crippen LogP contribution is 2.24. The van der Waals surface area contributed by atoms with Gasteiger partial charge in [-0.15, -0.1) is 0 Å². The molecule has 2 aromatic heterocycles. The van der Waals surface area contributed by atoms with E-state index >= 15 is 0 Å². The number of halogens is 1. The smallest absolute Gasteiger partial charge is 0.105 e. The zero-order valence-electron chi connectivity index (χ0n) is 11.0. The maximum Gasteiger partial charge on any atom is 0.105 e. The van der Waals surface area contributed by atoms with Crippen molar-refractivity contribution >= 4 is 22.5 Å². The fourth-order valence-corrected chi connectivity index (χ4v) is 2.44. The molecule has 0 fully saturated rings. The van der Waals surface area contributed by atoms with E-state index in [4.69, 9.17) is 16.0 Å². The summed E-state index contributed by atoms with van der Waals surface area (Å²) in [6.07, 6.45) is 4.38. The van der Waals surface area contributed by atoms with Gasteiger partial charge in [-0.1, -0.05) is 17.7 Å². The Balaban J connectivity index is 1.67. The Hall–Kier alpha value is -1.84. The van der Waals surface area contributed by atoms with E-state index in [0.29, 0.717) is 0 Å². The lowest BCUT2D eigenvalue weighted by Gasteiger charge is -2.08. The van der Waals surface area contributed by atoms with Crippen LogP contribution in [0.25, 0.3) is 10.9 Å². The molecule has 4 heteroatoms. The summed E-state index contributed by atoms with van der Waals surface area (Å²) in [6.45, 7) is 1.63. The highest BCUT2D eigenvalue weighted by Gasteiger charge is 2.05. The summed E-state index contributed by atoms with van der Waals surface area (Å²) >= 11 is 6.19. The van der Waals surface area contributed by atoms with Crippen LogP contribution in [0.4, 0.5) is 0 Å². The number of hydrogen-bond donors (Lipinski definition) is 1. The van der Waals surface area contributed by atoms with Crippen LogP contribution in [0.3, 0.4) is 0 Å². The van der Waals surface area contributed by atoms with Crippen LogP contribution in [0.2, 0.25) is 5.02 Å². The summed E-state index contributed by atoms with van der Waals surface area (Å²) in [5, 5.41) is 5.15. The Bertz CT molecular complexity index is 695. The third-order valence-electron chi connectivity index (χ3n) is 3.24. The third-order valence-corrected chi connectivity index (χ3v) is 3.57. The molecule has 0 atom stereocenters. The van der Waals surface area contributed by atoms with Gasteiger partial charge >= 0.3 is 0 Å². The molecule has 3 rings (SSSR count). The van der Waals surface area contributed by atoms with E-state index in [0.717, 1.165) is 46.8 Å². The zero-order valence-corrected chi connectivity index (χ0v) is 11.7. The van der Waals surface area contributed by atoms with Crippen molar-refractivity contribution in [1.82, 2.24) is 10.3 Å². The molecule has 1 aromatic carbocycles. The van der Waals surface area contributed by atoms with Crippen LogP contribution in [0.5, 0.6) is 0 Å². The van der Waals surface area contributed by atoms with Crippen molar-refractivity contribution in [3.63, 3.8) is 0 Å². The predicted molar refractivity (Wildman–Crippen MR) is 80.9 cm³/mol. The van der Waals surface area contributed by atoms with E-state index < -0.39 is 0 Å². The Labute approximate surface area is 122 Å². The van der Waals surface area contributed by atoms with E-state index in [-0.39, 0.29) is 0 Å². The number of hydrogen-bond acceptors (Lipinski definition) is 3. The summed E-state index contributed by atoms with van der Waals surface area (Å²) in [4.78, 5) is 4.43. The minimum Gasteiger partial charge on any atom is -0.469 e. The number of nitrogens with zero attached hydrogens (tertiary/aromatic N) is 1. The molecule has 20 heavy (non-hydrogen) atoms. The van der Waals surface area contributed by atoms with Gasteiger partial charge in [0.25, 0.3) is 0 Å². The molecular weight excluding hydrogens is 272 g/mol. The van der Waals surface area contributed by atoms with Crippen LogP contribution in [0.1, 0.15) is 11.3 Å². The van der Waals surface area contributed by atoms with Crippen LogP contribution in [-0.2, 0) is 13.0 Å². The van der Waals surface area contributed by atoms with E-state index in [1.807, 2.05) is 36.4 Å². The summed E-state index contributed by atoms with van der Waals surface area (Å²) in [5.41, 5.74) is 2.12. The Kier molecular flexibility index (Phi) is 4.00. The molecule has 0 aliphatic rings. The lowest BCUT2D eigenvalue weighted by molar-refractivity contribution is 0.499. The molecule has 0 spiro atoms. The van der Waals surface area contributed by atoms with Crippen LogP contribution in [-0.4, -0.2) is 11.5 Å². The summed E-state index contributed by atoms with van der Waals surface area (Å²) < 4.78 is 5.30. The second kappa shape index (κ2) is 6.07. The molecule has 0 aliphatic heterocycles. The molecular formula is C16H15ClN2O. The second-order valence-corrected chi connectivity index (χ2v) is 5.02. The van der Waals surface area contributed by atoms with Gasteiger partial charge in [0.2, 0.25) is 0 Å². The van der Waals surface area contributed by atoms with Crippen molar-refractivity contribution in [3.8, 4) is 0 Å². The molecule has 0 aliphatic carbocycles. The molecule has 3 nitrogen and oxygen atoms in total. The maximum absolute atomic E-state index is 6.19. The number of nitrogens with one attached hydrogen (secondary N) is 1. The number of fused-ring (bicyclic) bond motifs is 1. The molecule has 0 saturated heterocycles. The first-order valence-corrected chi connectivity index (χ1v) is 6.97. The van der Waals surface area contributed by atoms with Gasteiger partial charge in [0.05, 0.1) is 11.8 Å². The Morgan fingerprint density at radius 2 is 2.10 bits per heavy atom. The molecule has 0 bridgehead atoms. The highest BCUT2D eigenvalue weighted by molar-refractivity contribution is 6.35. The standard InChI is InChI=1S/C16H15ClN2O/c17-15-6-5-12(16-14(15)4-1-8-19-16)11-18-9-7-13-3-2-10-20-13/h1-6,8,10,18H,7,9,11H2. The van der Waals surface area contributed by atoms with Crippen LogP contribution in [0, 0.1) is 0 Å². The molecule has 2 heterocycles. The zero-order chi connectivity index (χ0) is 13.8. The first-order valence-electron chi connectivity index (χ1n) is 6.60. The fourth-order valence-electron chi connectivity index (χ4n) is 2.23. The van der Waals surface area contributed by atoms with E-state index in [1.165, 1.54) is 0 Å². The van der Waals surface area contributed by atoms with Crippen LogP contribution >= 0.6 is 11.6 Å². The van der Waals surface area contributed by atoms with E-state index in [9.17, 15) is 0 Å². The minimum atomic E-state index is 0.743. The molecule has 102 valence electrons.